The van der Waals surface area contributed by atoms with Crippen molar-refractivity contribution in [3.63, 3.8) is 0 Å². The Hall–Kier alpha value is -6.83. The molecule has 4 rings (SSSR count). The van der Waals surface area contributed by atoms with E-state index >= 15 is 0 Å². The molecular weight excluding hydrogens is 764 g/mol. The molecule has 2 bridgehead atoms. The number of methoxy groups -OCH3 is 3. The predicted octanol–water partition coefficient (Wildman–Crippen LogP) is 3.09. The summed E-state index contributed by atoms with van der Waals surface area (Å²) in [5.74, 6) is 0.925. The number of benzene rings is 1. The Kier molecular flexibility index (Phi) is 27.9. The minimum absolute atomic E-state index is 0. The summed E-state index contributed by atoms with van der Waals surface area (Å²) in [6.07, 6.45) is 4.95. The molecule has 58 heavy (non-hydrogen) atoms. The van der Waals surface area contributed by atoms with Gasteiger partial charge in [-0.25, -0.2) is 14.4 Å². The molecule has 2 aliphatic rings. The van der Waals surface area contributed by atoms with Gasteiger partial charge in [-0.2, -0.15) is 9.59 Å². The van der Waals surface area contributed by atoms with Gasteiger partial charge in [-0.15, -0.1) is 0 Å². The maximum Gasteiger partial charge on any atom is 0.384 e. The second-order valence-electron chi connectivity index (χ2n) is 11.3. The number of aryl methyl sites for hydroxylation is 1. The van der Waals surface area contributed by atoms with E-state index in [0.717, 1.165) is 0 Å². The quantitative estimate of drug-likeness (QED) is 0.0702. The molecule has 2 unspecified atom stereocenters. The maximum atomic E-state index is 12.2. The van der Waals surface area contributed by atoms with Gasteiger partial charge in [-0.3, -0.25) is 19.2 Å². The molecule has 2 aliphatic heterocycles. The summed E-state index contributed by atoms with van der Waals surface area (Å²) >= 11 is 0. The monoisotopic (exact) mass is 814 g/mol. The number of ether oxygens (including phenoxy) is 4. The number of aliphatic carboxylic acids is 2. The van der Waals surface area contributed by atoms with Gasteiger partial charge >= 0.3 is 36.0 Å². The molecule has 0 saturated carbocycles. The second kappa shape index (κ2) is 30.4. The number of carboxylic acids is 2. The van der Waals surface area contributed by atoms with E-state index in [1.54, 1.807) is 31.2 Å². The lowest BCUT2D eigenvalue weighted by Gasteiger charge is -2.25. The maximum absolute atomic E-state index is 12.2. The molecule has 3 heterocycles. The first kappa shape index (κ1) is 53.3. The highest BCUT2D eigenvalue weighted by atomic mass is 16.6. The van der Waals surface area contributed by atoms with Crippen molar-refractivity contribution >= 4 is 47.8 Å². The Labute approximate surface area is 335 Å². The SMILES string of the molecule is C.CC#CC(=O)OC.COC(=O)C1=C(C(=O)OC)C2(CNC(=O)CCCC(=O)O)C=CC1O2.Cc1ccccc1.O=C(O)CCCC(=O)NCc1ccco1.O=C=O. The van der Waals surface area contributed by atoms with E-state index in [1.807, 2.05) is 18.2 Å². The van der Waals surface area contributed by atoms with Crippen LogP contribution in [-0.2, 0) is 68.6 Å². The highest BCUT2D eigenvalue weighted by Crippen LogP contribution is 2.43. The number of carbonyl (C=O) groups is 7. The van der Waals surface area contributed by atoms with Crippen LogP contribution in [0.3, 0.4) is 0 Å². The Bertz CT molecular complexity index is 1780. The van der Waals surface area contributed by atoms with E-state index in [9.17, 15) is 33.6 Å². The lowest BCUT2D eigenvalue weighted by Crippen LogP contribution is -2.44. The fourth-order valence-electron chi connectivity index (χ4n) is 4.61. The highest BCUT2D eigenvalue weighted by molar-refractivity contribution is 6.05. The first-order valence-corrected chi connectivity index (χ1v) is 16.9. The third-order valence-corrected chi connectivity index (χ3v) is 7.18. The molecule has 2 atom stereocenters. The molecule has 18 nitrogen and oxygen atoms in total. The smallest absolute Gasteiger partial charge is 0.384 e. The Balaban J connectivity index is 0. The van der Waals surface area contributed by atoms with Crippen LogP contribution in [-0.4, -0.2) is 97.6 Å². The average Bonchev–Trinajstić information content (AvgIpc) is 3.94. The lowest BCUT2D eigenvalue weighted by molar-refractivity contribution is -0.192. The summed E-state index contributed by atoms with van der Waals surface area (Å²) in [6, 6.07) is 13.8. The van der Waals surface area contributed by atoms with Crippen molar-refractivity contribution < 1.29 is 76.7 Å². The molecule has 1 aromatic carbocycles. The van der Waals surface area contributed by atoms with Crippen molar-refractivity contribution in [2.45, 2.75) is 78.0 Å². The van der Waals surface area contributed by atoms with E-state index < -0.39 is 41.6 Å². The van der Waals surface area contributed by atoms with Crippen LogP contribution in [0, 0.1) is 18.8 Å². The third-order valence-electron chi connectivity index (χ3n) is 7.18. The third kappa shape index (κ3) is 21.3. The van der Waals surface area contributed by atoms with E-state index in [-0.39, 0.29) is 75.2 Å². The van der Waals surface area contributed by atoms with Crippen molar-refractivity contribution in [2.24, 2.45) is 0 Å². The zero-order chi connectivity index (χ0) is 43.2. The fourth-order valence-corrected chi connectivity index (χ4v) is 4.61. The van der Waals surface area contributed by atoms with Gasteiger partial charge < -0.3 is 44.2 Å². The van der Waals surface area contributed by atoms with Crippen LogP contribution in [0.25, 0.3) is 0 Å². The van der Waals surface area contributed by atoms with Gasteiger partial charge in [0.2, 0.25) is 11.8 Å². The number of carboxylic acid groups (broad SMARTS) is 2. The van der Waals surface area contributed by atoms with E-state index in [1.165, 1.54) is 33.2 Å². The zero-order valence-corrected chi connectivity index (χ0v) is 32.1. The molecule has 0 fully saturated rings. The Morgan fingerprint density at radius 3 is 1.76 bits per heavy atom. The topological polar surface area (TPSA) is 268 Å². The van der Waals surface area contributed by atoms with E-state index in [0.29, 0.717) is 18.7 Å². The summed E-state index contributed by atoms with van der Waals surface area (Å²) in [6.45, 7) is 3.92. The summed E-state index contributed by atoms with van der Waals surface area (Å²) in [5.41, 5.74) is 0.0728. The summed E-state index contributed by atoms with van der Waals surface area (Å²) in [7, 11) is 3.67. The fraction of sp³-hybridized carbons (Fsp3) is 0.400. The summed E-state index contributed by atoms with van der Waals surface area (Å²) in [4.78, 5) is 94.1. The number of hydrogen-bond donors (Lipinski definition) is 4. The summed E-state index contributed by atoms with van der Waals surface area (Å²) < 4.78 is 24.4. The summed E-state index contributed by atoms with van der Waals surface area (Å²) in [5, 5.41) is 22.2. The molecule has 0 spiro atoms. The number of carbonyl (C=O) groups excluding carboxylic acids is 7. The number of esters is 3. The molecular formula is C40H50N2O16. The number of rotatable bonds is 14. The van der Waals surface area contributed by atoms with E-state index in [4.69, 9.17) is 38.4 Å². The van der Waals surface area contributed by atoms with E-state index in [2.05, 4.69) is 46.3 Å². The number of fused-ring (bicyclic) bond motifs is 2. The lowest BCUT2D eigenvalue weighted by atomic mass is 9.86. The predicted molar refractivity (Wildman–Crippen MR) is 203 cm³/mol. The molecule has 1 aromatic heterocycles. The van der Waals surface area contributed by atoms with Crippen LogP contribution in [0.1, 0.15) is 64.2 Å². The van der Waals surface area contributed by atoms with Gasteiger partial charge in [0.25, 0.3) is 0 Å². The van der Waals surface area contributed by atoms with Crippen molar-refractivity contribution in [1.82, 2.24) is 10.6 Å². The number of hydrogen-bond acceptors (Lipinski definition) is 14. The minimum atomic E-state index is -1.30. The van der Waals surface area contributed by atoms with Crippen molar-refractivity contribution in [2.75, 3.05) is 27.9 Å². The Morgan fingerprint density at radius 2 is 1.34 bits per heavy atom. The first-order valence-electron chi connectivity index (χ1n) is 16.9. The molecule has 0 saturated heterocycles. The van der Waals surface area contributed by atoms with Crippen molar-refractivity contribution in [3.05, 3.63) is 83.3 Å². The van der Waals surface area contributed by atoms with Gasteiger partial charge in [0, 0.05) is 31.6 Å². The van der Waals surface area contributed by atoms with Crippen LogP contribution in [0.15, 0.2) is 76.4 Å². The van der Waals surface area contributed by atoms with Gasteiger partial charge in [0.05, 0.1) is 51.8 Å². The normalized spacial score (nSPS) is 14.6. The highest BCUT2D eigenvalue weighted by Gasteiger charge is 2.54. The standard InChI is InChI=1S/C16H19NO8.C10H13NO4.C7H8.C5H6O2.CO2.CH4/c1-23-14(21)12-9-6-7-16(25-9,13(12)15(22)24-2)8-17-10(18)4-3-5-11(19)20;12-9(4-1-5-10(13)14)11-7-8-3-2-6-15-8;1-7-5-3-2-4-6-7;1-3-4-5(6)7-2;2-1-3;/h6-7,9H,3-5,8H2,1-2H3,(H,17,18)(H,19,20);2-3,6H,1,4-5,7H2,(H,11,12)(H,13,14);2-6H,1H3;1-2H3;;1H4. The minimum Gasteiger partial charge on any atom is -0.481 e. The molecule has 2 aromatic rings. The largest absolute Gasteiger partial charge is 0.481 e. The molecule has 4 N–H and O–H groups in total. The van der Waals surface area contributed by atoms with Crippen LogP contribution in [0.2, 0.25) is 0 Å². The van der Waals surface area contributed by atoms with Crippen molar-refractivity contribution in [1.29, 1.82) is 0 Å². The number of amides is 2. The molecule has 2 amide bonds. The first-order chi connectivity index (χ1) is 27.1. The van der Waals surface area contributed by atoms with Gasteiger partial charge in [0.1, 0.15) is 17.5 Å². The number of nitrogens with one attached hydrogen (secondary N) is 2. The zero-order valence-electron chi connectivity index (χ0n) is 32.1. The van der Waals surface area contributed by atoms with Gasteiger partial charge in [-0.1, -0.05) is 55.3 Å². The number of furan rings is 1. The van der Waals surface area contributed by atoms with Crippen LogP contribution < -0.4 is 10.6 Å². The molecule has 18 heteroatoms. The Morgan fingerprint density at radius 1 is 0.793 bits per heavy atom. The van der Waals surface area contributed by atoms with Crippen LogP contribution in [0.5, 0.6) is 0 Å². The second-order valence-corrected chi connectivity index (χ2v) is 11.3. The molecule has 0 aliphatic carbocycles. The average molecular weight is 815 g/mol. The molecule has 316 valence electrons. The van der Waals surface area contributed by atoms with Crippen LogP contribution >= 0.6 is 0 Å². The van der Waals surface area contributed by atoms with Crippen molar-refractivity contribution in [3.8, 4) is 11.8 Å². The van der Waals surface area contributed by atoms with Gasteiger partial charge in [-0.05, 0) is 44.9 Å². The van der Waals surface area contributed by atoms with Crippen LogP contribution in [0.4, 0.5) is 0 Å². The van der Waals surface area contributed by atoms with Gasteiger partial charge in [0.15, 0.2) is 0 Å². The molecule has 0 radical (unpaired) electrons.